The van der Waals surface area contributed by atoms with Crippen molar-refractivity contribution in [1.29, 1.82) is 0 Å². The second kappa shape index (κ2) is 9.94. The lowest BCUT2D eigenvalue weighted by Gasteiger charge is -2.31. The van der Waals surface area contributed by atoms with Gasteiger partial charge in [-0.05, 0) is 69.6 Å². The van der Waals surface area contributed by atoms with Crippen LogP contribution in [0.25, 0.3) is 0 Å². The fraction of sp³-hybridized carbons (Fsp3) is 0.458. The highest BCUT2D eigenvalue weighted by Gasteiger charge is 2.32. The van der Waals surface area contributed by atoms with E-state index in [-0.39, 0.29) is 17.9 Å². The van der Waals surface area contributed by atoms with Gasteiger partial charge in [0.2, 0.25) is 15.9 Å². The quantitative estimate of drug-likeness (QED) is 0.714. The Kier molecular flexibility index (Phi) is 7.51. The van der Waals surface area contributed by atoms with Crippen LogP contribution in [0.1, 0.15) is 35.6 Å². The lowest BCUT2D eigenvalue weighted by molar-refractivity contribution is -0.126. The average Bonchev–Trinajstić information content (AvgIpc) is 2.76. The van der Waals surface area contributed by atoms with Crippen LogP contribution < -0.4 is 5.32 Å². The lowest BCUT2D eigenvalue weighted by Crippen LogP contribution is -2.44. The van der Waals surface area contributed by atoms with Crippen LogP contribution in [0.3, 0.4) is 0 Å². The summed E-state index contributed by atoms with van der Waals surface area (Å²) in [6, 6.07) is 15.4. The zero-order chi connectivity index (χ0) is 22.6. The molecule has 0 aromatic heterocycles. The Morgan fingerprint density at radius 3 is 2.29 bits per heavy atom. The minimum atomic E-state index is -3.53. The number of carbonyl (C=O) groups is 1. The van der Waals surface area contributed by atoms with Crippen molar-refractivity contribution in [1.82, 2.24) is 14.5 Å². The van der Waals surface area contributed by atoms with E-state index in [4.69, 9.17) is 0 Å². The molecule has 2 aromatic carbocycles. The molecule has 1 saturated heterocycles. The van der Waals surface area contributed by atoms with Gasteiger partial charge in [0.15, 0.2) is 0 Å². The maximum atomic E-state index is 13.0. The van der Waals surface area contributed by atoms with Crippen LogP contribution in [0.4, 0.5) is 0 Å². The number of amides is 1. The van der Waals surface area contributed by atoms with Gasteiger partial charge in [0.25, 0.3) is 0 Å². The van der Waals surface area contributed by atoms with Crippen molar-refractivity contribution in [2.45, 2.75) is 37.6 Å². The van der Waals surface area contributed by atoms with E-state index in [1.54, 1.807) is 12.1 Å². The summed E-state index contributed by atoms with van der Waals surface area (Å²) in [4.78, 5) is 15.2. The summed E-state index contributed by atoms with van der Waals surface area (Å²) < 4.78 is 27.5. The van der Waals surface area contributed by atoms with Crippen LogP contribution >= 0.6 is 0 Å². The molecule has 3 rings (SSSR count). The number of piperidine rings is 1. The Bertz CT molecular complexity index is 998. The number of nitrogens with one attached hydrogen (secondary N) is 1. The minimum Gasteiger partial charge on any atom is -0.354 e. The summed E-state index contributed by atoms with van der Waals surface area (Å²) in [7, 11) is 0.471. The molecule has 7 heteroatoms. The Morgan fingerprint density at radius 1 is 1.06 bits per heavy atom. The van der Waals surface area contributed by atoms with Crippen LogP contribution in [-0.4, -0.2) is 57.3 Å². The molecule has 0 spiro atoms. The highest BCUT2D eigenvalue weighted by Crippen LogP contribution is 2.25. The molecule has 1 fully saturated rings. The van der Waals surface area contributed by atoms with Crippen LogP contribution in [0.5, 0.6) is 0 Å². The average molecular weight is 444 g/mol. The molecule has 0 radical (unpaired) electrons. The van der Waals surface area contributed by atoms with E-state index in [0.717, 1.165) is 16.7 Å². The molecule has 2 aromatic rings. The first-order valence-corrected chi connectivity index (χ1v) is 12.2. The van der Waals surface area contributed by atoms with E-state index < -0.39 is 10.0 Å². The zero-order valence-electron chi connectivity index (χ0n) is 18.8. The molecular weight excluding hydrogens is 410 g/mol. The first kappa shape index (κ1) is 23.4. The van der Waals surface area contributed by atoms with E-state index in [1.165, 1.54) is 4.31 Å². The smallest absolute Gasteiger partial charge is 0.243 e. The van der Waals surface area contributed by atoms with Gasteiger partial charge < -0.3 is 10.2 Å². The van der Waals surface area contributed by atoms with Crippen molar-refractivity contribution < 1.29 is 13.2 Å². The number of rotatable bonds is 7. The molecule has 0 aliphatic carbocycles. The molecule has 0 saturated carbocycles. The summed E-state index contributed by atoms with van der Waals surface area (Å²) in [5, 5.41) is 3.08. The van der Waals surface area contributed by atoms with Gasteiger partial charge in [0.05, 0.1) is 10.9 Å². The molecule has 168 valence electrons. The fourth-order valence-electron chi connectivity index (χ4n) is 4.00. The summed E-state index contributed by atoms with van der Waals surface area (Å²) in [5.41, 5.74) is 3.19. The summed E-state index contributed by atoms with van der Waals surface area (Å²) >= 11 is 0. The normalized spacial score (nSPS) is 16.9. The van der Waals surface area contributed by atoms with Gasteiger partial charge in [-0.3, -0.25) is 4.79 Å². The van der Waals surface area contributed by atoms with Crippen molar-refractivity contribution in [3.63, 3.8) is 0 Å². The molecule has 1 N–H and O–H groups in total. The number of hydrogen-bond donors (Lipinski definition) is 1. The number of aryl methyl sites for hydroxylation is 2. The van der Waals surface area contributed by atoms with Crippen molar-refractivity contribution >= 4 is 15.9 Å². The van der Waals surface area contributed by atoms with Crippen LogP contribution in [0.2, 0.25) is 0 Å². The van der Waals surface area contributed by atoms with E-state index in [1.807, 2.05) is 52.2 Å². The monoisotopic (exact) mass is 443 g/mol. The maximum absolute atomic E-state index is 13.0. The first-order chi connectivity index (χ1) is 14.7. The van der Waals surface area contributed by atoms with Crippen LogP contribution in [0.15, 0.2) is 53.4 Å². The molecule has 1 aliphatic heterocycles. The predicted molar refractivity (Wildman–Crippen MR) is 123 cm³/mol. The molecule has 1 aliphatic rings. The molecule has 0 unspecified atom stereocenters. The van der Waals surface area contributed by atoms with Gasteiger partial charge in [0, 0.05) is 25.6 Å². The van der Waals surface area contributed by atoms with Gasteiger partial charge >= 0.3 is 0 Å². The minimum absolute atomic E-state index is 0.00556. The Labute approximate surface area is 186 Å². The van der Waals surface area contributed by atoms with Gasteiger partial charge in [-0.1, -0.05) is 36.4 Å². The molecule has 1 amide bonds. The second-order valence-electron chi connectivity index (χ2n) is 8.56. The van der Waals surface area contributed by atoms with Crippen molar-refractivity contribution in [2.24, 2.45) is 5.92 Å². The van der Waals surface area contributed by atoms with E-state index in [2.05, 4.69) is 22.3 Å². The molecule has 31 heavy (non-hydrogen) atoms. The predicted octanol–water partition coefficient (Wildman–Crippen LogP) is 3.12. The van der Waals surface area contributed by atoms with E-state index in [9.17, 15) is 13.2 Å². The highest BCUT2D eigenvalue weighted by atomic mass is 32.2. The second-order valence-corrected chi connectivity index (χ2v) is 10.5. The molecule has 0 bridgehead atoms. The van der Waals surface area contributed by atoms with Gasteiger partial charge in [-0.25, -0.2) is 8.42 Å². The largest absolute Gasteiger partial charge is 0.354 e. The number of nitrogens with zero attached hydrogens (tertiary/aromatic N) is 2. The van der Waals surface area contributed by atoms with E-state index in [0.29, 0.717) is 37.4 Å². The third kappa shape index (κ3) is 5.53. The topological polar surface area (TPSA) is 69.7 Å². The standard InChI is InChI=1S/C24H33N3O3S/c1-18-10-11-22(16-19(18)2)31(29,30)27-14-12-21(13-15-27)24(28)25-17-23(26(3)4)20-8-6-5-7-9-20/h5-11,16,21,23H,12-15,17H2,1-4H3,(H,25,28)/t23-/m1/s1. The number of sulfonamides is 1. The third-order valence-corrected chi connectivity index (χ3v) is 8.11. The zero-order valence-corrected chi connectivity index (χ0v) is 19.7. The highest BCUT2D eigenvalue weighted by molar-refractivity contribution is 7.89. The van der Waals surface area contributed by atoms with Crippen LogP contribution in [0, 0.1) is 19.8 Å². The van der Waals surface area contributed by atoms with Gasteiger partial charge in [-0.2, -0.15) is 4.31 Å². The van der Waals surface area contributed by atoms with Crippen molar-refractivity contribution in [2.75, 3.05) is 33.7 Å². The third-order valence-electron chi connectivity index (χ3n) is 6.22. The summed E-state index contributed by atoms with van der Waals surface area (Å²) in [6.07, 6.45) is 1.07. The molecular formula is C24H33N3O3S. The number of likely N-dealkylation sites (N-methyl/N-ethyl adjacent to an activating group) is 1. The summed E-state index contributed by atoms with van der Waals surface area (Å²) in [6.45, 7) is 5.14. The van der Waals surface area contributed by atoms with Gasteiger partial charge in [0.1, 0.15) is 0 Å². The number of carbonyl (C=O) groups excluding carboxylic acids is 1. The molecule has 1 heterocycles. The van der Waals surface area contributed by atoms with Gasteiger partial charge in [-0.15, -0.1) is 0 Å². The number of hydrogen-bond acceptors (Lipinski definition) is 4. The molecule has 1 atom stereocenters. The Hall–Kier alpha value is -2.22. The number of benzene rings is 2. The van der Waals surface area contributed by atoms with Crippen molar-refractivity contribution in [3.8, 4) is 0 Å². The van der Waals surface area contributed by atoms with Crippen molar-refractivity contribution in [3.05, 3.63) is 65.2 Å². The van der Waals surface area contributed by atoms with Crippen LogP contribution in [-0.2, 0) is 14.8 Å². The fourth-order valence-corrected chi connectivity index (χ4v) is 5.55. The first-order valence-electron chi connectivity index (χ1n) is 10.8. The SMILES string of the molecule is Cc1ccc(S(=O)(=O)N2CCC(C(=O)NC[C@H](c3ccccc3)N(C)C)CC2)cc1C. The van der Waals surface area contributed by atoms with E-state index >= 15 is 0 Å². The Morgan fingerprint density at radius 2 is 1.71 bits per heavy atom. The Balaban J connectivity index is 1.57. The molecule has 6 nitrogen and oxygen atoms in total. The summed E-state index contributed by atoms with van der Waals surface area (Å²) in [5.74, 6) is -0.157. The lowest BCUT2D eigenvalue weighted by atomic mass is 9.97. The maximum Gasteiger partial charge on any atom is 0.243 e.